The van der Waals surface area contributed by atoms with Crippen LogP contribution in [-0.2, 0) is 9.30 Å². The van der Waals surface area contributed by atoms with Crippen LogP contribution >= 0.6 is 7.60 Å². The van der Waals surface area contributed by atoms with E-state index in [1.807, 2.05) is 6.08 Å². The molecule has 0 bridgehead atoms. The van der Waals surface area contributed by atoms with Gasteiger partial charge in [-0.05, 0) is 52.9 Å². The molecule has 0 spiro atoms. The van der Waals surface area contributed by atoms with E-state index < -0.39 is 13.9 Å². The Morgan fingerprint density at radius 3 is 2.23 bits per heavy atom. The maximum absolute atomic E-state index is 10.7. The van der Waals surface area contributed by atoms with E-state index in [9.17, 15) is 4.57 Å². The van der Waals surface area contributed by atoms with Crippen molar-refractivity contribution in [3.05, 3.63) is 34.9 Å². The lowest BCUT2D eigenvalue weighted by Gasteiger charge is -2.06. The fourth-order valence-corrected chi connectivity index (χ4v) is 2.31. The summed E-state index contributed by atoms with van der Waals surface area (Å²) in [6, 6.07) is 0. The predicted octanol–water partition coefficient (Wildman–Crippen LogP) is 4.95. The Morgan fingerprint density at radius 2 is 1.68 bits per heavy atom. The van der Waals surface area contributed by atoms with Crippen LogP contribution in [0.1, 0.15) is 59.8 Å². The van der Waals surface area contributed by atoms with Crippen molar-refractivity contribution in [1.29, 1.82) is 0 Å². The van der Waals surface area contributed by atoms with Gasteiger partial charge in [-0.3, -0.25) is 4.57 Å². The predicted molar refractivity (Wildman–Crippen MR) is 92.9 cm³/mol. The summed E-state index contributed by atoms with van der Waals surface area (Å²) in [4.78, 5) is 17.4. The van der Waals surface area contributed by atoms with E-state index in [1.165, 1.54) is 16.7 Å². The van der Waals surface area contributed by atoms with Crippen LogP contribution in [-0.4, -0.2) is 22.7 Å². The maximum Gasteiger partial charge on any atom is 0.350 e. The summed E-state index contributed by atoms with van der Waals surface area (Å²) in [6.45, 7) is 8.74. The van der Waals surface area contributed by atoms with Gasteiger partial charge in [0.05, 0.1) is 6.61 Å². The van der Waals surface area contributed by atoms with E-state index in [-0.39, 0.29) is 6.61 Å². The van der Waals surface area contributed by atoms with Crippen LogP contribution < -0.4 is 0 Å². The molecule has 0 rings (SSSR count). The smallest absolute Gasteiger partial charge is 0.350 e. The molecule has 128 valence electrons. The lowest BCUT2D eigenvalue weighted by molar-refractivity contribution is 0.184. The third kappa shape index (κ3) is 14.3. The summed E-state index contributed by atoms with van der Waals surface area (Å²) in [7, 11) is -4.05. The molecule has 0 fully saturated rings. The summed E-state index contributed by atoms with van der Waals surface area (Å²) in [6.07, 6.45) is 11.1. The highest BCUT2D eigenvalue weighted by atomic mass is 31.2. The Morgan fingerprint density at radius 1 is 1.05 bits per heavy atom. The van der Waals surface area contributed by atoms with Crippen molar-refractivity contribution in [2.24, 2.45) is 0 Å². The van der Waals surface area contributed by atoms with Crippen molar-refractivity contribution < 1.29 is 19.1 Å². The molecule has 5 heteroatoms. The Kier molecular flexibility index (Phi) is 11.5. The monoisotopic (exact) mass is 330 g/mol. The second kappa shape index (κ2) is 11.8. The summed E-state index contributed by atoms with van der Waals surface area (Å²) >= 11 is 0. The molecule has 0 radical (unpaired) electrons. The van der Waals surface area contributed by atoms with Crippen LogP contribution in [0.5, 0.6) is 0 Å². The minimum atomic E-state index is -4.05. The van der Waals surface area contributed by atoms with E-state index in [0.29, 0.717) is 0 Å². The first-order valence-corrected chi connectivity index (χ1v) is 9.63. The Balaban J connectivity index is 4.07. The molecule has 22 heavy (non-hydrogen) atoms. The maximum atomic E-state index is 10.7. The minimum Gasteiger partial charge on any atom is -0.365 e. The molecule has 0 amide bonds. The van der Waals surface area contributed by atoms with Crippen LogP contribution in [0.15, 0.2) is 34.9 Å². The average molecular weight is 330 g/mol. The van der Waals surface area contributed by atoms with Crippen molar-refractivity contribution >= 4 is 7.60 Å². The van der Waals surface area contributed by atoms with E-state index in [2.05, 4.69) is 39.8 Å². The summed E-state index contributed by atoms with van der Waals surface area (Å²) in [5.41, 5.74) is 4.03. The topological polar surface area (TPSA) is 66.8 Å². The van der Waals surface area contributed by atoms with Crippen LogP contribution in [0.2, 0.25) is 0 Å². The van der Waals surface area contributed by atoms with Crippen molar-refractivity contribution in [3.8, 4) is 0 Å². The number of ether oxygens (including phenoxy) is 1. The molecule has 0 aliphatic heterocycles. The Labute approximate surface area is 135 Å². The SMILES string of the molecule is CCC(=CCOCP(=O)(O)O)CCC=C(C)CCC=C(C)C. The van der Waals surface area contributed by atoms with Gasteiger partial charge < -0.3 is 14.5 Å². The number of rotatable bonds is 11. The Bertz CT molecular complexity index is 440. The van der Waals surface area contributed by atoms with E-state index in [1.54, 1.807) is 0 Å². The van der Waals surface area contributed by atoms with Crippen LogP contribution in [0.25, 0.3) is 0 Å². The normalized spacial score (nSPS) is 13.4. The zero-order valence-electron chi connectivity index (χ0n) is 14.3. The summed E-state index contributed by atoms with van der Waals surface area (Å²) in [5, 5.41) is 0. The molecule has 0 aromatic heterocycles. The quantitative estimate of drug-likeness (QED) is 0.320. The van der Waals surface area contributed by atoms with Crippen LogP contribution in [0.4, 0.5) is 0 Å². The van der Waals surface area contributed by atoms with Crippen molar-refractivity contribution in [1.82, 2.24) is 0 Å². The highest BCUT2D eigenvalue weighted by molar-refractivity contribution is 7.51. The van der Waals surface area contributed by atoms with Gasteiger partial charge in [0.25, 0.3) is 0 Å². The molecular weight excluding hydrogens is 299 g/mol. The highest BCUT2D eigenvalue weighted by Crippen LogP contribution is 2.33. The minimum absolute atomic E-state index is 0.261. The second-order valence-corrected chi connectivity index (χ2v) is 7.38. The first-order chi connectivity index (χ1) is 10.2. The Hall–Kier alpha value is -0.670. The van der Waals surface area contributed by atoms with Crippen molar-refractivity contribution in [2.75, 3.05) is 13.0 Å². The zero-order chi connectivity index (χ0) is 17.0. The molecule has 0 atom stereocenters. The average Bonchev–Trinajstić information content (AvgIpc) is 2.39. The third-order valence-corrected chi connectivity index (χ3v) is 3.77. The van der Waals surface area contributed by atoms with Gasteiger partial charge in [0.2, 0.25) is 0 Å². The lowest BCUT2D eigenvalue weighted by atomic mass is 10.0. The van der Waals surface area contributed by atoms with Gasteiger partial charge in [0.1, 0.15) is 6.35 Å². The third-order valence-electron chi connectivity index (χ3n) is 3.25. The standard InChI is InChI=1S/C17H31O4P/c1-5-17(12-13-21-14-22(18,19)20)11-7-10-16(4)9-6-8-15(2)3/h8,10,12H,5-7,9,11,13-14H2,1-4H3,(H2,18,19,20). The number of allylic oxidation sites excluding steroid dienone is 5. The fourth-order valence-electron chi connectivity index (χ4n) is 1.97. The molecule has 0 aromatic rings. The van der Waals surface area contributed by atoms with E-state index >= 15 is 0 Å². The molecule has 0 saturated carbocycles. The lowest BCUT2D eigenvalue weighted by Crippen LogP contribution is -1.96. The summed E-state index contributed by atoms with van der Waals surface area (Å²) < 4.78 is 15.6. The molecular formula is C17H31O4P. The first-order valence-electron chi connectivity index (χ1n) is 7.83. The van der Waals surface area contributed by atoms with Gasteiger partial charge in [-0.15, -0.1) is 0 Å². The second-order valence-electron chi connectivity index (χ2n) is 5.79. The molecule has 0 aromatic carbocycles. The highest BCUT2D eigenvalue weighted by Gasteiger charge is 2.11. The van der Waals surface area contributed by atoms with Gasteiger partial charge in [-0.1, -0.05) is 41.9 Å². The van der Waals surface area contributed by atoms with Crippen molar-refractivity contribution in [3.63, 3.8) is 0 Å². The molecule has 0 aliphatic rings. The van der Waals surface area contributed by atoms with Gasteiger partial charge in [-0.25, -0.2) is 0 Å². The van der Waals surface area contributed by atoms with Crippen molar-refractivity contribution in [2.45, 2.75) is 59.8 Å². The van der Waals surface area contributed by atoms with E-state index in [4.69, 9.17) is 14.5 Å². The number of hydrogen-bond acceptors (Lipinski definition) is 2. The summed E-state index contributed by atoms with van der Waals surface area (Å²) in [5.74, 6) is 0. The largest absolute Gasteiger partial charge is 0.365 e. The van der Waals surface area contributed by atoms with Gasteiger partial charge in [0.15, 0.2) is 0 Å². The van der Waals surface area contributed by atoms with Crippen LogP contribution in [0, 0.1) is 0 Å². The molecule has 4 nitrogen and oxygen atoms in total. The molecule has 0 aliphatic carbocycles. The van der Waals surface area contributed by atoms with Gasteiger partial charge in [0, 0.05) is 0 Å². The molecule has 0 unspecified atom stereocenters. The van der Waals surface area contributed by atoms with Crippen LogP contribution in [0.3, 0.4) is 0 Å². The van der Waals surface area contributed by atoms with Gasteiger partial charge >= 0.3 is 7.60 Å². The zero-order valence-corrected chi connectivity index (χ0v) is 15.2. The molecule has 2 N–H and O–H groups in total. The first kappa shape index (κ1) is 21.3. The van der Waals surface area contributed by atoms with E-state index in [0.717, 1.165) is 32.1 Å². The number of hydrogen-bond donors (Lipinski definition) is 2. The van der Waals surface area contributed by atoms with Gasteiger partial charge in [-0.2, -0.15) is 0 Å². The molecule has 0 heterocycles. The fraction of sp³-hybridized carbons (Fsp3) is 0.647. The molecule has 0 saturated heterocycles.